The number of imidazole rings is 1. The van der Waals surface area contributed by atoms with Crippen LogP contribution in [0, 0.1) is 0 Å². The van der Waals surface area contributed by atoms with Crippen molar-refractivity contribution in [2.45, 2.75) is 24.5 Å². The first kappa shape index (κ1) is 23.0. The molecule has 0 radical (unpaired) electrons. The number of aliphatic carboxylic acids is 1. The number of hydrogen-bond acceptors (Lipinski definition) is 8. The third-order valence-electron chi connectivity index (χ3n) is 4.28. The minimum absolute atomic E-state index is 0.0589. The number of carbonyl (C=O) groups is 1. The van der Waals surface area contributed by atoms with Crippen molar-refractivity contribution < 1.29 is 23.9 Å². The summed E-state index contributed by atoms with van der Waals surface area (Å²) in [5.74, 6) is -0.397. The molecule has 0 amide bonds. The number of carboxylic acid groups (broad SMARTS) is 1. The molecule has 2 aromatic rings. The summed E-state index contributed by atoms with van der Waals surface area (Å²) in [6.07, 6.45) is -0.219. The zero-order valence-electron chi connectivity index (χ0n) is 15.0. The van der Waals surface area contributed by atoms with Gasteiger partial charge in [-0.25, -0.2) is 19.7 Å². The van der Waals surface area contributed by atoms with Gasteiger partial charge >= 0.3 is 5.97 Å². The first-order valence-corrected chi connectivity index (χ1v) is 17.2. The topological polar surface area (TPSA) is 112 Å². The van der Waals surface area contributed by atoms with Crippen LogP contribution in [0.3, 0.4) is 0 Å². The van der Waals surface area contributed by atoms with E-state index in [1.165, 1.54) is 13.4 Å². The van der Waals surface area contributed by atoms with Crippen LogP contribution < -0.4 is 4.67 Å². The van der Waals surface area contributed by atoms with Crippen LogP contribution >= 0.6 is 50.7 Å². The maximum Gasteiger partial charge on any atom is 0.335 e. The molecule has 2 aromatic heterocycles. The Kier molecular flexibility index (Phi) is 8.25. The number of carboxylic acids is 1. The Balaban J connectivity index is 2.04. The fourth-order valence-corrected chi connectivity index (χ4v) is 7.07. The van der Waals surface area contributed by atoms with Crippen LogP contribution in [0.1, 0.15) is 6.23 Å². The van der Waals surface area contributed by atoms with E-state index in [2.05, 4.69) is 46.4 Å². The highest BCUT2D eigenvalue weighted by Gasteiger charge is 2.50. The molecule has 6 unspecified atom stereocenters. The summed E-state index contributed by atoms with van der Waals surface area (Å²) >= 11 is 0. The molecule has 0 bridgehead atoms. The lowest BCUT2D eigenvalue weighted by Gasteiger charge is -2.24. The molecule has 1 aliphatic heterocycles. The highest BCUT2D eigenvalue weighted by Crippen LogP contribution is 2.68. The van der Waals surface area contributed by atoms with Gasteiger partial charge in [0.1, 0.15) is 18.5 Å². The first-order valence-electron chi connectivity index (χ1n) is 7.89. The molecule has 0 spiro atoms. The number of methoxy groups -OCH3 is 1. The normalized spacial score (nSPS) is 26.8. The van der Waals surface area contributed by atoms with Crippen LogP contribution in [0.5, 0.6) is 0 Å². The summed E-state index contributed by atoms with van der Waals surface area (Å²) in [4.78, 5) is 24.9. The van der Waals surface area contributed by atoms with Gasteiger partial charge < -0.3 is 23.8 Å². The predicted molar refractivity (Wildman–Crippen MR) is 124 cm³/mol. The number of ether oxygens (including phenoxy) is 2. The number of rotatable bonds is 8. The predicted octanol–water partition coefficient (Wildman–Crippen LogP) is 2.60. The molecular formula is C12H21N5O5P6. The first-order chi connectivity index (χ1) is 13.4. The van der Waals surface area contributed by atoms with Crippen molar-refractivity contribution in [3.8, 4) is 0 Å². The Bertz CT molecular complexity index is 844. The van der Waals surface area contributed by atoms with E-state index in [0.717, 1.165) is 0 Å². The third-order valence-corrected chi connectivity index (χ3v) is 15.3. The molecule has 3 rings (SSSR count). The monoisotopic (exact) mass is 501 g/mol. The van der Waals surface area contributed by atoms with Crippen molar-refractivity contribution in [3.63, 3.8) is 0 Å². The summed E-state index contributed by atoms with van der Waals surface area (Å²) in [7, 11) is 11.7. The molecule has 1 N–H and O–H groups in total. The van der Waals surface area contributed by atoms with Crippen molar-refractivity contribution in [2.75, 3.05) is 18.8 Å². The number of nitrogens with zero attached hydrogens (tertiary/aromatic N) is 5. The van der Waals surface area contributed by atoms with Gasteiger partial charge in [-0.2, -0.15) is 0 Å². The second-order valence-electron chi connectivity index (χ2n) is 5.70. The minimum atomic E-state index is -1.15. The van der Waals surface area contributed by atoms with Crippen LogP contribution in [0.15, 0.2) is 12.7 Å². The maximum absolute atomic E-state index is 11.6. The molecule has 1 saturated heterocycles. The molecule has 154 valence electrons. The van der Waals surface area contributed by atoms with Crippen LogP contribution in [0.4, 0.5) is 5.82 Å². The molecule has 10 atom stereocenters. The Morgan fingerprint density at radius 2 is 2.14 bits per heavy atom. The van der Waals surface area contributed by atoms with Crippen LogP contribution in [-0.4, -0.2) is 63.1 Å². The lowest BCUT2D eigenvalue weighted by atomic mass is 10.1. The molecule has 0 saturated carbocycles. The molecule has 1 aliphatic rings. The van der Waals surface area contributed by atoms with Gasteiger partial charge in [-0.1, -0.05) is 25.8 Å². The molecule has 3 heterocycles. The van der Waals surface area contributed by atoms with Crippen LogP contribution in [0.25, 0.3) is 11.2 Å². The maximum atomic E-state index is 11.6. The highest BCUT2D eigenvalue weighted by molar-refractivity contribution is 8.61. The quantitative estimate of drug-likeness (QED) is 0.546. The van der Waals surface area contributed by atoms with E-state index >= 15 is 0 Å². The lowest BCUT2D eigenvalue weighted by molar-refractivity contribution is -0.156. The minimum Gasteiger partial charge on any atom is -0.479 e. The van der Waals surface area contributed by atoms with Crippen molar-refractivity contribution in [1.82, 2.24) is 19.5 Å². The number of hydrogen-bond donors (Lipinski definition) is 1. The van der Waals surface area contributed by atoms with E-state index in [4.69, 9.17) is 14.0 Å². The van der Waals surface area contributed by atoms with Gasteiger partial charge in [-0.15, -0.1) is 8.93 Å². The van der Waals surface area contributed by atoms with Gasteiger partial charge in [0, 0.05) is 30.1 Å². The lowest BCUT2D eigenvalue weighted by Crippen LogP contribution is -2.38. The van der Waals surface area contributed by atoms with Gasteiger partial charge in [0.15, 0.2) is 29.3 Å². The molecule has 0 aromatic carbocycles. The van der Waals surface area contributed by atoms with Crippen molar-refractivity contribution in [2.24, 2.45) is 0 Å². The average Bonchev–Trinajstić information content (AvgIpc) is 3.28. The standard InChI is InChI=1S/C12H21N5O5P6/c1-16(28(25)27-24)9-5-10(14-3-13-9)17(4-15-5)11-7(22-26-23)6(20-2)8(21-11)12(18)19/h3-4,6-8,11,26-27H,23-25H2,1-2H3,(H,18,19)/t6-,7+,8-,11+,28?/m0/s1. The summed E-state index contributed by atoms with van der Waals surface area (Å²) in [5.41, 5.74) is 1.16. The van der Waals surface area contributed by atoms with E-state index in [0.29, 0.717) is 24.9 Å². The molecule has 1 fully saturated rings. The summed E-state index contributed by atoms with van der Waals surface area (Å²) < 4.78 is 20.7. The van der Waals surface area contributed by atoms with Crippen molar-refractivity contribution >= 4 is 73.6 Å². The number of fused-ring (bicyclic) bond motifs is 1. The zero-order chi connectivity index (χ0) is 20.4. The van der Waals surface area contributed by atoms with E-state index in [1.54, 1.807) is 10.9 Å². The van der Waals surface area contributed by atoms with Crippen LogP contribution in [0.2, 0.25) is 0 Å². The number of aromatic nitrogens is 4. The SMILES string of the molecule is CO[C@H]1[C@@H](OPP)[C@H](n2cnc3c(N(C)P(P)PP)ncnc32)O[C@@H]1C(=O)O. The molecule has 10 nitrogen and oxygen atoms in total. The molecule has 0 aliphatic carbocycles. The van der Waals surface area contributed by atoms with Gasteiger partial charge in [-0.3, -0.25) is 4.57 Å². The molecular weight excluding hydrogens is 480 g/mol. The fraction of sp³-hybridized carbons (Fsp3) is 0.500. The largest absolute Gasteiger partial charge is 0.479 e. The van der Waals surface area contributed by atoms with E-state index in [9.17, 15) is 9.90 Å². The Morgan fingerprint density at radius 3 is 2.75 bits per heavy atom. The zero-order valence-corrected chi connectivity index (χ0v) is 21.3. The van der Waals surface area contributed by atoms with Gasteiger partial charge in [-0.05, 0) is 0 Å². The smallest absolute Gasteiger partial charge is 0.335 e. The average molecular weight is 501 g/mol. The van der Waals surface area contributed by atoms with E-state index in [1.807, 2.05) is 7.05 Å². The van der Waals surface area contributed by atoms with Gasteiger partial charge in [0.2, 0.25) is 0 Å². The van der Waals surface area contributed by atoms with E-state index in [-0.39, 0.29) is 8.50 Å². The second kappa shape index (κ2) is 10.1. The summed E-state index contributed by atoms with van der Waals surface area (Å²) in [6, 6.07) is 0. The molecule has 28 heavy (non-hydrogen) atoms. The van der Waals surface area contributed by atoms with Crippen molar-refractivity contribution in [3.05, 3.63) is 12.7 Å². The van der Waals surface area contributed by atoms with Gasteiger partial charge in [0.25, 0.3) is 0 Å². The Labute approximate surface area is 173 Å². The third kappa shape index (κ3) is 4.33. The fourth-order valence-electron chi connectivity index (χ4n) is 2.98. The summed E-state index contributed by atoms with van der Waals surface area (Å²) in [5, 5.41) is 9.51. The van der Waals surface area contributed by atoms with Gasteiger partial charge in [0.05, 0.1) is 6.33 Å². The number of anilines is 1. The Morgan fingerprint density at radius 1 is 1.39 bits per heavy atom. The summed E-state index contributed by atoms with van der Waals surface area (Å²) in [6.45, 7) is 0. The van der Waals surface area contributed by atoms with Crippen LogP contribution in [-0.2, 0) is 18.8 Å². The molecule has 16 heteroatoms. The Hall–Kier alpha value is 0.280. The highest BCUT2D eigenvalue weighted by atomic mass is 32.6. The van der Waals surface area contributed by atoms with Crippen molar-refractivity contribution in [1.29, 1.82) is 0 Å². The van der Waals surface area contributed by atoms with E-state index < -0.39 is 38.0 Å². The second-order valence-corrected chi connectivity index (χ2v) is 15.9.